The number of hydrazone groups is 1. The summed E-state index contributed by atoms with van der Waals surface area (Å²) in [4.78, 5) is 12.4. The molecule has 0 spiro atoms. The Morgan fingerprint density at radius 2 is 1.76 bits per heavy atom. The van der Waals surface area contributed by atoms with Crippen LogP contribution in [0.5, 0.6) is 17.2 Å². The van der Waals surface area contributed by atoms with Crippen LogP contribution >= 0.6 is 0 Å². The standard InChI is InChI=1S/C19H21N3O6S/c23-16-8-7-14(17(24)18(16)25)12-20-21-19(26)13-5-4-6-15(11-13)29(27,28)22-9-2-1-3-10-22/h4-8,11-12,23-25H,1-3,9-10H2,(H,21,26)/b20-12+. The quantitative estimate of drug-likeness (QED) is 0.331. The fourth-order valence-corrected chi connectivity index (χ4v) is 4.53. The average Bonchev–Trinajstić information content (AvgIpc) is 2.74. The number of rotatable bonds is 5. The second kappa shape index (κ2) is 8.50. The number of nitrogens with one attached hydrogen (secondary N) is 1. The molecule has 0 bridgehead atoms. The van der Waals surface area contributed by atoms with Crippen LogP contribution in [0.4, 0.5) is 0 Å². The largest absolute Gasteiger partial charge is 0.504 e. The lowest BCUT2D eigenvalue weighted by Crippen LogP contribution is -2.35. The van der Waals surface area contributed by atoms with Gasteiger partial charge in [0.05, 0.1) is 11.1 Å². The molecule has 0 aliphatic carbocycles. The van der Waals surface area contributed by atoms with Crippen molar-refractivity contribution in [3.63, 3.8) is 0 Å². The van der Waals surface area contributed by atoms with Gasteiger partial charge in [0.1, 0.15) is 0 Å². The van der Waals surface area contributed by atoms with Gasteiger partial charge in [0, 0.05) is 24.2 Å². The molecule has 1 fully saturated rings. The molecule has 0 atom stereocenters. The zero-order chi connectivity index (χ0) is 21.0. The molecule has 1 aliphatic heterocycles. The number of aromatic hydroxyl groups is 3. The van der Waals surface area contributed by atoms with Gasteiger partial charge in [0.15, 0.2) is 11.5 Å². The van der Waals surface area contributed by atoms with Gasteiger partial charge in [-0.1, -0.05) is 12.5 Å². The van der Waals surface area contributed by atoms with E-state index in [1.807, 2.05) is 0 Å². The maximum absolute atomic E-state index is 12.8. The lowest BCUT2D eigenvalue weighted by atomic mass is 10.2. The van der Waals surface area contributed by atoms with Gasteiger partial charge in [-0.15, -0.1) is 0 Å². The molecule has 0 radical (unpaired) electrons. The summed E-state index contributed by atoms with van der Waals surface area (Å²) in [6.45, 7) is 0.929. The number of amides is 1. The normalized spacial score (nSPS) is 15.4. The molecule has 9 nitrogen and oxygen atoms in total. The minimum absolute atomic E-state index is 0.0390. The molecule has 29 heavy (non-hydrogen) atoms. The monoisotopic (exact) mass is 419 g/mol. The summed E-state index contributed by atoms with van der Waals surface area (Å²) in [5, 5.41) is 32.2. The van der Waals surface area contributed by atoms with Crippen LogP contribution in [0.1, 0.15) is 35.2 Å². The van der Waals surface area contributed by atoms with Gasteiger partial charge in [-0.3, -0.25) is 4.79 Å². The van der Waals surface area contributed by atoms with Crippen molar-refractivity contribution in [2.45, 2.75) is 24.2 Å². The van der Waals surface area contributed by atoms with Crippen molar-refractivity contribution in [3.05, 3.63) is 47.5 Å². The third-order valence-corrected chi connectivity index (χ3v) is 6.47. The highest BCUT2D eigenvalue weighted by atomic mass is 32.2. The number of benzene rings is 2. The van der Waals surface area contributed by atoms with Crippen molar-refractivity contribution < 1.29 is 28.5 Å². The van der Waals surface area contributed by atoms with Crippen molar-refractivity contribution in [1.29, 1.82) is 0 Å². The minimum atomic E-state index is -3.67. The first-order chi connectivity index (χ1) is 13.8. The lowest BCUT2D eigenvalue weighted by molar-refractivity contribution is 0.0955. The van der Waals surface area contributed by atoms with Crippen LogP contribution in [-0.4, -0.2) is 53.3 Å². The Morgan fingerprint density at radius 3 is 2.48 bits per heavy atom. The van der Waals surface area contributed by atoms with E-state index in [-0.39, 0.29) is 16.0 Å². The van der Waals surface area contributed by atoms with E-state index >= 15 is 0 Å². The predicted octanol–water partition coefficient (Wildman–Crippen LogP) is 1.74. The Kier molecular flexibility index (Phi) is 6.04. The highest BCUT2D eigenvalue weighted by molar-refractivity contribution is 7.89. The van der Waals surface area contributed by atoms with E-state index < -0.39 is 33.2 Å². The molecule has 2 aromatic carbocycles. The fourth-order valence-electron chi connectivity index (χ4n) is 2.97. The first-order valence-electron chi connectivity index (χ1n) is 8.98. The van der Waals surface area contributed by atoms with E-state index in [0.717, 1.165) is 31.5 Å². The first kappa shape index (κ1) is 20.6. The molecule has 0 saturated carbocycles. The highest BCUT2D eigenvalue weighted by Gasteiger charge is 2.26. The van der Waals surface area contributed by atoms with E-state index in [9.17, 15) is 28.5 Å². The topological polar surface area (TPSA) is 140 Å². The van der Waals surface area contributed by atoms with Crippen LogP contribution in [0.2, 0.25) is 0 Å². The molecule has 1 aliphatic rings. The lowest BCUT2D eigenvalue weighted by Gasteiger charge is -2.25. The minimum Gasteiger partial charge on any atom is -0.504 e. The van der Waals surface area contributed by atoms with Crippen molar-refractivity contribution in [3.8, 4) is 17.2 Å². The molecule has 1 amide bonds. The number of piperidine rings is 1. The second-order valence-corrected chi connectivity index (χ2v) is 8.50. The van der Waals surface area contributed by atoms with Crippen LogP contribution in [0.25, 0.3) is 0 Å². The summed E-state index contributed by atoms with van der Waals surface area (Å²) in [5.41, 5.74) is 2.41. The van der Waals surface area contributed by atoms with Gasteiger partial charge in [-0.2, -0.15) is 9.41 Å². The number of phenols is 3. The molecule has 154 valence electrons. The summed E-state index contributed by atoms with van der Waals surface area (Å²) in [6.07, 6.45) is 3.71. The van der Waals surface area contributed by atoms with E-state index in [1.54, 1.807) is 0 Å². The number of hydrogen-bond donors (Lipinski definition) is 4. The van der Waals surface area contributed by atoms with Gasteiger partial charge in [0.25, 0.3) is 5.91 Å². The van der Waals surface area contributed by atoms with Gasteiger partial charge < -0.3 is 15.3 Å². The average molecular weight is 419 g/mol. The maximum Gasteiger partial charge on any atom is 0.271 e. The third-order valence-electron chi connectivity index (χ3n) is 4.58. The summed E-state index contributed by atoms with van der Waals surface area (Å²) >= 11 is 0. The Hall–Kier alpha value is -3.11. The molecular weight excluding hydrogens is 398 g/mol. The van der Waals surface area contributed by atoms with Crippen LogP contribution in [0, 0.1) is 0 Å². The number of carbonyl (C=O) groups excluding carboxylic acids is 1. The van der Waals surface area contributed by atoms with Crippen molar-refractivity contribution in [2.75, 3.05) is 13.1 Å². The molecule has 0 aromatic heterocycles. The van der Waals surface area contributed by atoms with E-state index in [4.69, 9.17) is 0 Å². The van der Waals surface area contributed by atoms with Crippen LogP contribution in [0.15, 0.2) is 46.4 Å². The Balaban J connectivity index is 1.74. The molecule has 3 rings (SSSR count). The van der Waals surface area contributed by atoms with Gasteiger partial charge >= 0.3 is 0 Å². The molecule has 1 heterocycles. The Labute approximate surface area is 168 Å². The smallest absolute Gasteiger partial charge is 0.271 e. The van der Waals surface area contributed by atoms with Crippen molar-refractivity contribution in [1.82, 2.24) is 9.73 Å². The summed E-state index contributed by atoms with van der Waals surface area (Å²) in [5.74, 6) is -2.41. The molecule has 0 unspecified atom stereocenters. The SMILES string of the molecule is O=C(N/N=C/c1ccc(O)c(O)c1O)c1cccc(S(=O)(=O)N2CCCCC2)c1. The van der Waals surface area contributed by atoms with Crippen molar-refractivity contribution >= 4 is 22.1 Å². The van der Waals surface area contributed by atoms with Gasteiger partial charge in [-0.25, -0.2) is 13.8 Å². The van der Waals surface area contributed by atoms with Crippen LogP contribution in [0.3, 0.4) is 0 Å². The van der Waals surface area contributed by atoms with E-state index in [1.165, 1.54) is 34.6 Å². The highest BCUT2D eigenvalue weighted by Crippen LogP contribution is 2.36. The van der Waals surface area contributed by atoms with E-state index in [2.05, 4.69) is 10.5 Å². The fraction of sp³-hybridized carbons (Fsp3) is 0.263. The molecule has 1 saturated heterocycles. The van der Waals surface area contributed by atoms with Gasteiger partial charge in [-0.05, 0) is 43.2 Å². The zero-order valence-corrected chi connectivity index (χ0v) is 16.3. The number of hydrogen-bond acceptors (Lipinski definition) is 7. The molecule has 2 aromatic rings. The first-order valence-corrected chi connectivity index (χ1v) is 10.4. The number of sulfonamides is 1. The molecular formula is C19H21N3O6S. The summed E-state index contributed by atoms with van der Waals surface area (Å²) in [7, 11) is -3.67. The number of nitrogens with zero attached hydrogens (tertiary/aromatic N) is 2. The van der Waals surface area contributed by atoms with Gasteiger partial charge in [0.2, 0.25) is 15.8 Å². The summed E-state index contributed by atoms with van der Waals surface area (Å²) in [6, 6.07) is 8.14. The van der Waals surface area contributed by atoms with Crippen LogP contribution in [-0.2, 0) is 10.0 Å². The van der Waals surface area contributed by atoms with Crippen LogP contribution < -0.4 is 5.43 Å². The zero-order valence-electron chi connectivity index (χ0n) is 15.4. The summed E-state index contributed by atoms with van der Waals surface area (Å²) < 4.78 is 26.9. The molecule has 10 heteroatoms. The number of phenolic OH excluding ortho intramolecular Hbond substituents is 3. The second-order valence-electron chi connectivity index (χ2n) is 6.56. The predicted molar refractivity (Wildman–Crippen MR) is 106 cm³/mol. The third kappa shape index (κ3) is 4.49. The van der Waals surface area contributed by atoms with E-state index in [0.29, 0.717) is 13.1 Å². The Bertz CT molecular complexity index is 1050. The Morgan fingerprint density at radius 1 is 1.03 bits per heavy atom. The van der Waals surface area contributed by atoms with Crippen molar-refractivity contribution in [2.24, 2.45) is 5.10 Å². The number of carbonyl (C=O) groups is 1. The maximum atomic E-state index is 12.8. The molecule has 4 N–H and O–H groups in total.